The van der Waals surface area contributed by atoms with Crippen molar-refractivity contribution >= 4 is 0 Å². The Labute approximate surface area is 121 Å². The fourth-order valence-corrected chi connectivity index (χ4v) is 3.15. The molecule has 0 bridgehead atoms. The quantitative estimate of drug-likeness (QED) is 0.860. The van der Waals surface area contributed by atoms with E-state index in [0.717, 1.165) is 25.7 Å². The molecule has 3 atom stereocenters. The first-order valence-corrected chi connectivity index (χ1v) is 7.88. The molecule has 0 aliphatic carbocycles. The lowest BCUT2D eigenvalue weighted by Crippen LogP contribution is -2.45. The molecule has 0 unspecified atom stereocenters. The minimum atomic E-state index is -0.616. The minimum Gasteiger partial charge on any atom is -0.387 e. The van der Waals surface area contributed by atoms with Crippen LogP contribution >= 0.6 is 0 Å². The lowest BCUT2D eigenvalue weighted by atomic mass is 9.90. The van der Waals surface area contributed by atoms with Crippen molar-refractivity contribution < 1.29 is 9.50 Å². The van der Waals surface area contributed by atoms with Gasteiger partial charge in [0.2, 0.25) is 0 Å². The van der Waals surface area contributed by atoms with E-state index in [9.17, 15) is 9.50 Å². The third-order valence-electron chi connectivity index (χ3n) is 4.34. The molecule has 0 spiro atoms. The number of rotatable bonds is 5. The van der Waals surface area contributed by atoms with E-state index in [4.69, 9.17) is 0 Å². The summed E-state index contributed by atoms with van der Waals surface area (Å²) < 4.78 is 13.8. The minimum absolute atomic E-state index is 0.0483. The van der Waals surface area contributed by atoms with Crippen molar-refractivity contribution in [2.45, 2.75) is 70.6 Å². The number of nitrogens with one attached hydrogen (secondary N) is 1. The maximum absolute atomic E-state index is 13.8. The molecular weight excluding hydrogens is 253 g/mol. The molecule has 1 aliphatic rings. The molecule has 2 N–H and O–H groups in total. The van der Waals surface area contributed by atoms with Crippen LogP contribution in [0.3, 0.4) is 0 Å². The third-order valence-corrected chi connectivity index (χ3v) is 4.34. The number of aliphatic hydroxyl groups excluding tert-OH is 1. The van der Waals surface area contributed by atoms with Crippen LogP contribution in [0.25, 0.3) is 0 Å². The Hall–Kier alpha value is -0.930. The van der Waals surface area contributed by atoms with Crippen LogP contribution in [0.15, 0.2) is 18.2 Å². The van der Waals surface area contributed by atoms with Gasteiger partial charge in [-0.05, 0) is 42.9 Å². The van der Waals surface area contributed by atoms with Crippen molar-refractivity contribution in [2.75, 3.05) is 0 Å². The summed E-state index contributed by atoms with van der Waals surface area (Å²) in [7, 11) is 0. The topological polar surface area (TPSA) is 32.3 Å². The average Bonchev–Trinajstić information content (AvgIpc) is 2.47. The average molecular weight is 279 g/mol. The van der Waals surface area contributed by atoms with E-state index in [2.05, 4.69) is 12.2 Å². The van der Waals surface area contributed by atoms with Gasteiger partial charge in [-0.25, -0.2) is 4.39 Å². The fraction of sp³-hybridized carbons (Fsp3) is 0.647. The molecule has 0 amide bonds. The van der Waals surface area contributed by atoms with Crippen LogP contribution in [-0.2, 0) is 6.42 Å². The first kappa shape index (κ1) is 15.5. The summed E-state index contributed by atoms with van der Waals surface area (Å²) in [6.45, 7) is 4.12. The summed E-state index contributed by atoms with van der Waals surface area (Å²) in [6, 6.07) is 5.69. The number of hydrogen-bond donors (Lipinski definition) is 2. The molecule has 1 aliphatic heterocycles. The SMILES string of the molecule is CCC[C@H]1CCC[C@H]([C@@H](O)c2ccc(CC)c(F)c2)N1. The van der Waals surface area contributed by atoms with Gasteiger partial charge in [-0.1, -0.05) is 38.8 Å². The standard InChI is InChI=1S/C17H26FNO/c1-3-6-14-7-5-8-16(19-14)17(20)13-10-9-12(4-2)15(18)11-13/h9-11,14,16-17,19-20H,3-8H2,1-2H3/t14-,16+,17-/m0/s1. The van der Waals surface area contributed by atoms with Gasteiger partial charge in [0, 0.05) is 12.1 Å². The maximum Gasteiger partial charge on any atom is 0.126 e. The van der Waals surface area contributed by atoms with E-state index < -0.39 is 6.10 Å². The van der Waals surface area contributed by atoms with Gasteiger partial charge >= 0.3 is 0 Å². The van der Waals surface area contributed by atoms with Gasteiger partial charge in [-0.3, -0.25) is 0 Å². The third kappa shape index (κ3) is 3.58. The lowest BCUT2D eigenvalue weighted by molar-refractivity contribution is 0.0995. The highest BCUT2D eigenvalue weighted by molar-refractivity contribution is 5.27. The summed E-state index contributed by atoms with van der Waals surface area (Å²) >= 11 is 0. The van der Waals surface area contributed by atoms with Crippen LogP contribution in [0.5, 0.6) is 0 Å². The van der Waals surface area contributed by atoms with E-state index >= 15 is 0 Å². The molecule has 0 saturated carbocycles. The van der Waals surface area contributed by atoms with Gasteiger partial charge in [-0.15, -0.1) is 0 Å². The molecule has 1 heterocycles. The second-order valence-corrected chi connectivity index (χ2v) is 5.84. The zero-order valence-corrected chi connectivity index (χ0v) is 12.5. The van der Waals surface area contributed by atoms with Crippen molar-refractivity contribution in [1.82, 2.24) is 5.32 Å². The number of aliphatic hydroxyl groups is 1. The van der Waals surface area contributed by atoms with Gasteiger partial charge < -0.3 is 10.4 Å². The van der Waals surface area contributed by atoms with E-state index in [1.54, 1.807) is 6.07 Å². The Balaban J connectivity index is 2.06. The van der Waals surface area contributed by atoms with Gasteiger partial charge in [-0.2, -0.15) is 0 Å². The van der Waals surface area contributed by atoms with Crippen LogP contribution < -0.4 is 5.32 Å². The van der Waals surface area contributed by atoms with Crippen molar-refractivity contribution in [1.29, 1.82) is 0 Å². The van der Waals surface area contributed by atoms with E-state index in [1.807, 2.05) is 13.0 Å². The van der Waals surface area contributed by atoms with Crippen LogP contribution in [0.4, 0.5) is 4.39 Å². The van der Waals surface area contributed by atoms with E-state index in [0.29, 0.717) is 23.6 Å². The summed E-state index contributed by atoms with van der Waals surface area (Å²) in [5, 5.41) is 14.0. The number of piperidine rings is 1. The van der Waals surface area contributed by atoms with E-state index in [-0.39, 0.29) is 11.9 Å². The van der Waals surface area contributed by atoms with Gasteiger partial charge in [0.15, 0.2) is 0 Å². The number of aryl methyl sites for hydroxylation is 1. The Kier molecular flexibility index (Phi) is 5.55. The van der Waals surface area contributed by atoms with E-state index in [1.165, 1.54) is 12.5 Å². The van der Waals surface area contributed by atoms with Gasteiger partial charge in [0.05, 0.1) is 6.10 Å². The number of benzene rings is 1. The highest BCUT2D eigenvalue weighted by Gasteiger charge is 2.27. The molecular formula is C17H26FNO. The summed E-state index contributed by atoms with van der Waals surface area (Å²) in [6.07, 6.45) is 5.64. The van der Waals surface area contributed by atoms with Crippen molar-refractivity contribution in [3.63, 3.8) is 0 Å². The molecule has 112 valence electrons. The first-order chi connectivity index (χ1) is 9.65. The van der Waals surface area contributed by atoms with Crippen LogP contribution in [0, 0.1) is 5.82 Å². The van der Waals surface area contributed by atoms with Crippen molar-refractivity contribution in [3.8, 4) is 0 Å². The Morgan fingerprint density at radius 1 is 1.35 bits per heavy atom. The summed E-state index contributed by atoms with van der Waals surface area (Å²) in [5.41, 5.74) is 1.40. The molecule has 0 radical (unpaired) electrons. The van der Waals surface area contributed by atoms with Crippen molar-refractivity contribution in [2.24, 2.45) is 0 Å². The number of hydrogen-bond acceptors (Lipinski definition) is 2. The zero-order chi connectivity index (χ0) is 14.5. The largest absolute Gasteiger partial charge is 0.387 e. The zero-order valence-electron chi connectivity index (χ0n) is 12.5. The van der Waals surface area contributed by atoms with Crippen LogP contribution in [-0.4, -0.2) is 17.2 Å². The highest BCUT2D eigenvalue weighted by Crippen LogP contribution is 2.27. The predicted molar refractivity (Wildman–Crippen MR) is 80.2 cm³/mol. The predicted octanol–water partition coefficient (Wildman–Crippen LogP) is 3.73. The molecule has 1 aromatic rings. The van der Waals surface area contributed by atoms with Crippen LogP contribution in [0.2, 0.25) is 0 Å². The van der Waals surface area contributed by atoms with Crippen LogP contribution in [0.1, 0.15) is 63.2 Å². The molecule has 2 nitrogen and oxygen atoms in total. The molecule has 1 saturated heterocycles. The lowest BCUT2D eigenvalue weighted by Gasteiger charge is -2.34. The Morgan fingerprint density at radius 3 is 2.80 bits per heavy atom. The Bertz CT molecular complexity index is 433. The number of halogens is 1. The monoisotopic (exact) mass is 279 g/mol. The molecule has 1 fully saturated rings. The smallest absolute Gasteiger partial charge is 0.126 e. The van der Waals surface area contributed by atoms with Gasteiger partial charge in [0.1, 0.15) is 5.82 Å². The normalized spacial score (nSPS) is 24.6. The molecule has 3 heteroatoms. The summed E-state index contributed by atoms with van der Waals surface area (Å²) in [4.78, 5) is 0. The molecule has 2 rings (SSSR count). The molecule has 1 aromatic carbocycles. The molecule has 0 aromatic heterocycles. The fourth-order valence-electron chi connectivity index (χ4n) is 3.15. The Morgan fingerprint density at radius 2 is 2.15 bits per heavy atom. The van der Waals surface area contributed by atoms with Crippen molar-refractivity contribution in [3.05, 3.63) is 35.1 Å². The second-order valence-electron chi connectivity index (χ2n) is 5.84. The second kappa shape index (κ2) is 7.19. The highest BCUT2D eigenvalue weighted by atomic mass is 19.1. The summed E-state index contributed by atoms with van der Waals surface area (Å²) in [5.74, 6) is -0.204. The first-order valence-electron chi connectivity index (χ1n) is 7.88. The molecule has 20 heavy (non-hydrogen) atoms. The maximum atomic E-state index is 13.8. The van der Waals surface area contributed by atoms with Gasteiger partial charge in [0.25, 0.3) is 0 Å².